The van der Waals surface area contributed by atoms with Gasteiger partial charge in [-0.2, -0.15) is 0 Å². The summed E-state index contributed by atoms with van der Waals surface area (Å²) < 4.78 is 0. The zero-order valence-electron chi connectivity index (χ0n) is 12.5. The number of aromatic nitrogens is 1. The molecule has 0 spiro atoms. The zero-order valence-corrected chi connectivity index (χ0v) is 12.5. The Bertz CT molecular complexity index is 657. The van der Waals surface area contributed by atoms with Gasteiger partial charge in [0.1, 0.15) is 5.82 Å². The summed E-state index contributed by atoms with van der Waals surface area (Å²) in [5, 5.41) is 9.65. The molecule has 2 fully saturated rings. The number of rotatable bonds is 3. The Balaban J connectivity index is 1.81. The normalized spacial score (nSPS) is 19.0. The van der Waals surface area contributed by atoms with E-state index in [2.05, 4.69) is 46.7 Å². The van der Waals surface area contributed by atoms with E-state index in [0.717, 1.165) is 37.7 Å². The van der Waals surface area contributed by atoms with Crippen LogP contribution in [0.4, 0.5) is 11.5 Å². The molecule has 1 aliphatic heterocycles. The van der Waals surface area contributed by atoms with Crippen LogP contribution in [0.2, 0.25) is 0 Å². The lowest BCUT2D eigenvalue weighted by atomic mass is 10.1. The molecule has 0 bridgehead atoms. The van der Waals surface area contributed by atoms with Crippen LogP contribution in [-0.2, 0) is 0 Å². The Kier molecular flexibility index (Phi) is 3.19. The van der Waals surface area contributed by atoms with Gasteiger partial charge in [0.2, 0.25) is 0 Å². The summed E-state index contributed by atoms with van der Waals surface area (Å²) in [6.07, 6.45) is 2.59. The molecule has 1 saturated carbocycles. The summed E-state index contributed by atoms with van der Waals surface area (Å²) in [4.78, 5) is 7.24. The number of aryl methyl sites for hydroxylation is 1. The van der Waals surface area contributed by atoms with E-state index in [9.17, 15) is 0 Å². The van der Waals surface area contributed by atoms with E-state index in [4.69, 9.17) is 4.98 Å². The molecule has 2 aromatic rings. The second-order valence-electron chi connectivity index (χ2n) is 6.14. The molecule has 2 aliphatic rings. The van der Waals surface area contributed by atoms with Crippen molar-refractivity contribution in [1.29, 1.82) is 0 Å². The van der Waals surface area contributed by atoms with Crippen molar-refractivity contribution in [2.75, 3.05) is 36.4 Å². The van der Waals surface area contributed by atoms with Gasteiger partial charge < -0.3 is 15.5 Å². The van der Waals surface area contributed by atoms with Gasteiger partial charge in [-0.15, -0.1) is 0 Å². The fraction of sp³-hybridized carbons (Fsp3) is 0.471. The maximum absolute atomic E-state index is 4.83. The average molecular weight is 282 g/mol. The fourth-order valence-electron chi connectivity index (χ4n) is 3.08. The molecule has 2 heterocycles. The van der Waals surface area contributed by atoms with Gasteiger partial charge in [0.05, 0.1) is 0 Å². The summed E-state index contributed by atoms with van der Waals surface area (Å²) in [5.41, 5.74) is 2.36. The third kappa shape index (κ3) is 2.56. The Morgan fingerprint density at radius 2 is 2.00 bits per heavy atom. The first-order chi connectivity index (χ1) is 10.3. The van der Waals surface area contributed by atoms with E-state index >= 15 is 0 Å². The summed E-state index contributed by atoms with van der Waals surface area (Å²) in [5.74, 6) is 1.14. The first-order valence-electron chi connectivity index (χ1n) is 7.94. The van der Waals surface area contributed by atoms with E-state index in [1.54, 1.807) is 0 Å². The Labute approximate surface area is 125 Å². The molecule has 0 amide bonds. The van der Waals surface area contributed by atoms with Crippen LogP contribution in [0.5, 0.6) is 0 Å². The fourth-order valence-corrected chi connectivity index (χ4v) is 3.08. The van der Waals surface area contributed by atoms with Crippen LogP contribution in [0.1, 0.15) is 18.5 Å². The second-order valence-corrected chi connectivity index (χ2v) is 6.14. The van der Waals surface area contributed by atoms with Crippen LogP contribution in [0.3, 0.4) is 0 Å². The van der Waals surface area contributed by atoms with Gasteiger partial charge in [0, 0.05) is 54.4 Å². The molecule has 1 aromatic heterocycles. The van der Waals surface area contributed by atoms with E-state index in [0.29, 0.717) is 6.04 Å². The predicted molar refractivity (Wildman–Crippen MR) is 88.2 cm³/mol. The summed E-state index contributed by atoms with van der Waals surface area (Å²) >= 11 is 0. The molecular formula is C17H22N4. The van der Waals surface area contributed by atoms with E-state index in [1.807, 2.05) is 0 Å². The molecule has 2 N–H and O–H groups in total. The highest BCUT2D eigenvalue weighted by atomic mass is 15.2. The number of nitrogens with one attached hydrogen (secondary N) is 2. The first-order valence-corrected chi connectivity index (χ1v) is 7.94. The molecule has 21 heavy (non-hydrogen) atoms. The largest absolute Gasteiger partial charge is 0.382 e. The Hall–Kier alpha value is -1.81. The monoisotopic (exact) mass is 282 g/mol. The van der Waals surface area contributed by atoms with E-state index < -0.39 is 0 Å². The van der Waals surface area contributed by atoms with Crippen LogP contribution in [-0.4, -0.2) is 37.2 Å². The van der Waals surface area contributed by atoms with Crippen molar-refractivity contribution < 1.29 is 0 Å². The number of piperazine rings is 1. The third-order valence-corrected chi connectivity index (χ3v) is 4.34. The van der Waals surface area contributed by atoms with Crippen molar-refractivity contribution >= 4 is 22.3 Å². The van der Waals surface area contributed by atoms with Gasteiger partial charge in [-0.05, 0) is 31.9 Å². The van der Waals surface area contributed by atoms with Crippen LogP contribution in [0.15, 0.2) is 24.3 Å². The van der Waals surface area contributed by atoms with Gasteiger partial charge in [0.25, 0.3) is 0 Å². The number of nitrogens with zero attached hydrogens (tertiary/aromatic N) is 2. The first kappa shape index (κ1) is 12.9. The van der Waals surface area contributed by atoms with Crippen molar-refractivity contribution in [1.82, 2.24) is 10.3 Å². The number of hydrogen-bond acceptors (Lipinski definition) is 4. The summed E-state index contributed by atoms with van der Waals surface area (Å²) in [7, 11) is 0. The lowest BCUT2D eigenvalue weighted by Gasteiger charge is -2.30. The quantitative estimate of drug-likeness (QED) is 0.907. The minimum Gasteiger partial charge on any atom is -0.382 e. The SMILES string of the molecule is Cc1cc2c(NC3CC3)cccc2c(N2CCNCC2)n1. The lowest BCUT2D eigenvalue weighted by Crippen LogP contribution is -2.44. The highest BCUT2D eigenvalue weighted by molar-refractivity contribution is 6.00. The second kappa shape index (κ2) is 5.19. The van der Waals surface area contributed by atoms with Crippen LogP contribution in [0.25, 0.3) is 10.8 Å². The molecule has 4 nitrogen and oxygen atoms in total. The molecule has 1 aliphatic carbocycles. The third-order valence-electron chi connectivity index (χ3n) is 4.34. The maximum atomic E-state index is 4.83. The van der Waals surface area contributed by atoms with Gasteiger partial charge in [-0.3, -0.25) is 0 Å². The summed E-state index contributed by atoms with van der Waals surface area (Å²) in [6.45, 7) is 6.24. The Morgan fingerprint density at radius 3 is 2.76 bits per heavy atom. The van der Waals surface area contributed by atoms with Gasteiger partial charge >= 0.3 is 0 Å². The molecule has 0 unspecified atom stereocenters. The average Bonchev–Trinajstić information content (AvgIpc) is 3.32. The predicted octanol–water partition coefficient (Wildman–Crippen LogP) is 2.53. The van der Waals surface area contributed by atoms with Gasteiger partial charge in [0.15, 0.2) is 0 Å². The maximum Gasteiger partial charge on any atom is 0.136 e. The smallest absolute Gasteiger partial charge is 0.136 e. The topological polar surface area (TPSA) is 40.2 Å². The molecule has 0 atom stereocenters. The van der Waals surface area contributed by atoms with Crippen molar-refractivity contribution in [2.24, 2.45) is 0 Å². The minimum atomic E-state index is 0.673. The number of fused-ring (bicyclic) bond motifs is 1. The number of benzene rings is 1. The highest BCUT2D eigenvalue weighted by Crippen LogP contribution is 2.34. The number of pyridine rings is 1. The van der Waals surface area contributed by atoms with Crippen LogP contribution >= 0.6 is 0 Å². The van der Waals surface area contributed by atoms with Crippen molar-refractivity contribution in [2.45, 2.75) is 25.8 Å². The van der Waals surface area contributed by atoms with E-state index in [-0.39, 0.29) is 0 Å². The zero-order chi connectivity index (χ0) is 14.2. The molecule has 4 rings (SSSR count). The number of anilines is 2. The molecule has 4 heteroatoms. The lowest BCUT2D eigenvalue weighted by molar-refractivity contribution is 0.586. The van der Waals surface area contributed by atoms with Gasteiger partial charge in [-0.25, -0.2) is 4.98 Å². The van der Waals surface area contributed by atoms with Crippen LogP contribution < -0.4 is 15.5 Å². The van der Waals surface area contributed by atoms with Crippen molar-refractivity contribution in [3.63, 3.8) is 0 Å². The molecule has 110 valence electrons. The molecule has 1 saturated heterocycles. The Morgan fingerprint density at radius 1 is 1.19 bits per heavy atom. The standard InChI is InChI=1S/C17H22N4/c1-12-11-15-14(3-2-4-16(15)20-13-5-6-13)17(19-12)21-9-7-18-8-10-21/h2-4,11,13,18,20H,5-10H2,1H3. The molecule has 1 aromatic carbocycles. The van der Waals surface area contributed by atoms with E-state index in [1.165, 1.54) is 29.3 Å². The van der Waals surface area contributed by atoms with Crippen molar-refractivity contribution in [3.05, 3.63) is 30.0 Å². The highest BCUT2D eigenvalue weighted by Gasteiger charge is 2.22. The minimum absolute atomic E-state index is 0.673. The summed E-state index contributed by atoms with van der Waals surface area (Å²) in [6, 6.07) is 9.44. The van der Waals surface area contributed by atoms with Crippen LogP contribution in [0, 0.1) is 6.92 Å². The number of hydrogen-bond donors (Lipinski definition) is 2. The molecule has 0 radical (unpaired) electrons. The molecular weight excluding hydrogens is 260 g/mol. The van der Waals surface area contributed by atoms with Gasteiger partial charge in [-0.1, -0.05) is 12.1 Å². The van der Waals surface area contributed by atoms with Crippen molar-refractivity contribution in [3.8, 4) is 0 Å².